The molecule has 12 heavy (non-hydrogen) atoms. The van der Waals surface area contributed by atoms with Crippen LogP contribution in [0.1, 0.15) is 59.3 Å². The summed E-state index contributed by atoms with van der Waals surface area (Å²) in [6.07, 6.45) is 12.6. The van der Waals surface area contributed by atoms with Crippen LogP contribution in [0.25, 0.3) is 0 Å². The molecule has 0 rings (SSSR count). The highest BCUT2D eigenvalue weighted by molar-refractivity contribution is 4.76. The average Bonchev–Trinajstić information content (AvgIpc) is 2.05. The Morgan fingerprint density at radius 1 is 1.17 bits per heavy atom. The first kappa shape index (κ1) is 11.7. The Bertz CT molecular complexity index is 103. The Hall–Kier alpha value is -0.260. The van der Waals surface area contributed by atoms with Gasteiger partial charge in [-0.3, -0.25) is 0 Å². The molecule has 0 heterocycles. The van der Waals surface area contributed by atoms with Crippen LogP contribution in [0.3, 0.4) is 0 Å². The average molecular weight is 168 g/mol. The van der Waals surface area contributed by atoms with Crippen LogP contribution in [0.5, 0.6) is 0 Å². The third kappa shape index (κ3) is 7.84. The highest BCUT2D eigenvalue weighted by Gasteiger charge is 1.98. The predicted molar refractivity (Wildman–Crippen MR) is 57.4 cm³/mol. The van der Waals surface area contributed by atoms with Crippen LogP contribution >= 0.6 is 0 Å². The van der Waals surface area contributed by atoms with Crippen molar-refractivity contribution in [3.05, 3.63) is 12.2 Å². The van der Waals surface area contributed by atoms with Gasteiger partial charge in [0, 0.05) is 0 Å². The summed E-state index contributed by atoms with van der Waals surface area (Å²) in [5.41, 5.74) is 0. The van der Waals surface area contributed by atoms with Crippen LogP contribution < -0.4 is 0 Å². The van der Waals surface area contributed by atoms with E-state index in [0.29, 0.717) is 0 Å². The fourth-order valence-electron chi connectivity index (χ4n) is 1.56. The van der Waals surface area contributed by atoms with Crippen LogP contribution in [0.2, 0.25) is 0 Å². The zero-order valence-corrected chi connectivity index (χ0v) is 8.97. The van der Waals surface area contributed by atoms with E-state index in [1.54, 1.807) is 0 Å². The third-order valence-electron chi connectivity index (χ3n) is 2.33. The van der Waals surface area contributed by atoms with E-state index in [4.69, 9.17) is 0 Å². The molecule has 0 heteroatoms. The second kappa shape index (κ2) is 8.83. The molecule has 1 atom stereocenters. The van der Waals surface area contributed by atoms with E-state index in [1.165, 1.54) is 38.5 Å². The molecule has 0 saturated carbocycles. The first-order chi connectivity index (χ1) is 5.81. The van der Waals surface area contributed by atoms with Gasteiger partial charge < -0.3 is 0 Å². The molecule has 0 bridgehead atoms. The van der Waals surface area contributed by atoms with Crippen molar-refractivity contribution in [2.75, 3.05) is 0 Å². The summed E-state index contributed by atoms with van der Waals surface area (Å²) >= 11 is 0. The molecule has 0 fully saturated rings. The Morgan fingerprint density at radius 3 is 2.50 bits per heavy atom. The fourth-order valence-corrected chi connectivity index (χ4v) is 1.56. The van der Waals surface area contributed by atoms with Crippen molar-refractivity contribution in [3.8, 4) is 0 Å². The normalized spacial score (nSPS) is 13.9. The van der Waals surface area contributed by atoms with E-state index in [-0.39, 0.29) is 0 Å². The number of rotatable bonds is 7. The molecule has 0 aliphatic heterocycles. The summed E-state index contributed by atoms with van der Waals surface area (Å²) in [5, 5.41) is 0. The van der Waals surface area contributed by atoms with Crippen molar-refractivity contribution in [3.63, 3.8) is 0 Å². The smallest absolute Gasteiger partial charge is 0.0351 e. The lowest BCUT2D eigenvalue weighted by molar-refractivity contribution is 0.462. The minimum absolute atomic E-state index is 0.945. The van der Waals surface area contributed by atoms with E-state index in [9.17, 15) is 0 Å². The highest BCUT2D eigenvalue weighted by Crippen LogP contribution is 2.14. The van der Waals surface area contributed by atoms with Gasteiger partial charge in [0.05, 0.1) is 0 Å². The maximum atomic E-state index is 2.37. The molecule has 0 aliphatic carbocycles. The van der Waals surface area contributed by atoms with Crippen molar-refractivity contribution in [2.24, 2.45) is 5.92 Å². The maximum Gasteiger partial charge on any atom is -0.0351 e. The standard InChI is InChI=1S/C12H24/c1-4-6-7-8-9-11-12(3)10-5-2/h4,6,12H,5,7-11H2,1-3H3/b6-4+. The molecular formula is C12H24. The molecule has 0 saturated heterocycles. The molecule has 0 spiro atoms. The summed E-state index contributed by atoms with van der Waals surface area (Å²) in [6, 6.07) is 0. The molecule has 0 radical (unpaired) electrons. The van der Waals surface area contributed by atoms with E-state index >= 15 is 0 Å². The zero-order chi connectivity index (χ0) is 9.23. The van der Waals surface area contributed by atoms with E-state index in [0.717, 1.165) is 5.92 Å². The van der Waals surface area contributed by atoms with Crippen LogP contribution in [0.15, 0.2) is 12.2 Å². The van der Waals surface area contributed by atoms with Crippen molar-refractivity contribution in [2.45, 2.75) is 59.3 Å². The Labute approximate surface area is 78.1 Å². The van der Waals surface area contributed by atoms with Crippen LogP contribution in [0.4, 0.5) is 0 Å². The summed E-state index contributed by atoms with van der Waals surface area (Å²) in [6.45, 7) is 6.75. The van der Waals surface area contributed by atoms with Gasteiger partial charge in [-0.2, -0.15) is 0 Å². The van der Waals surface area contributed by atoms with Crippen molar-refractivity contribution >= 4 is 0 Å². The Morgan fingerprint density at radius 2 is 1.92 bits per heavy atom. The van der Waals surface area contributed by atoms with Crippen molar-refractivity contribution in [1.29, 1.82) is 0 Å². The van der Waals surface area contributed by atoms with E-state index in [1.807, 2.05) is 0 Å². The van der Waals surface area contributed by atoms with Gasteiger partial charge in [0.25, 0.3) is 0 Å². The van der Waals surface area contributed by atoms with Gasteiger partial charge in [-0.1, -0.05) is 51.7 Å². The molecule has 0 amide bonds. The lowest BCUT2D eigenvalue weighted by atomic mass is 9.99. The van der Waals surface area contributed by atoms with Gasteiger partial charge in [-0.25, -0.2) is 0 Å². The molecule has 0 N–H and O–H groups in total. The SMILES string of the molecule is C/C=C/CCCCC(C)CCC. The van der Waals surface area contributed by atoms with Gasteiger partial charge >= 0.3 is 0 Å². The van der Waals surface area contributed by atoms with Gasteiger partial charge in [-0.15, -0.1) is 0 Å². The Kier molecular flexibility index (Phi) is 8.64. The lowest BCUT2D eigenvalue weighted by Gasteiger charge is -2.08. The Balaban J connectivity index is 3.08. The largest absolute Gasteiger partial charge is 0.0917 e. The third-order valence-corrected chi connectivity index (χ3v) is 2.33. The first-order valence-corrected chi connectivity index (χ1v) is 5.42. The van der Waals surface area contributed by atoms with Crippen LogP contribution in [-0.2, 0) is 0 Å². The van der Waals surface area contributed by atoms with Gasteiger partial charge in [-0.05, 0) is 25.7 Å². The molecule has 0 aromatic carbocycles. The first-order valence-electron chi connectivity index (χ1n) is 5.42. The second-order valence-electron chi connectivity index (χ2n) is 3.75. The van der Waals surface area contributed by atoms with E-state index < -0.39 is 0 Å². The maximum absolute atomic E-state index is 2.37. The van der Waals surface area contributed by atoms with Gasteiger partial charge in [0.1, 0.15) is 0 Å². The van der Waals surface area contributed by atoms with Crippen molar-refractivity contribution < 1.29 is 0 Å². The van der Waals surface area contributed by atoms with Gasteiger partial charge in [0.15, 0.2) is 0 Å². The summed E-state index contributed by atoms with van der Waals surface area (Å²) in [4.78, 5) is 0. The highest BCUT2D eigenvalue weighted by atomic mass is 14.0. The quantitative estimate of drug-likeness (QED) is 0.386. The molecule has 0 nitrogen and oxygen atoms in total. The number of unbranched alkanes of at least 4 members (excludes halogenated alkanes) is 2. The summed E-state index contributed by atoms with van der Waals surface area (Å²) in [7, 11) is 0. The minimum Gasteiger partial charge on any atom is -0.0917 e. The summed E-state index contributed by atoms with van der Waals surface area (Å²) < 4.78 is 0. The molecule has 0 aliphatic rings. The molecule has 72 valence electrons. The number of hydrogen-bond donors (Lipinski definition) is 0. The van der Waals surface area contributed by atoms with Crippen LogP contribution in [-0.4, -0.2) is 0 Å². The fraction of sp³-hybridized carbons (Fsp3) is 0.833. The number of allylic oxidation sites excluding steroid dienone is 2. The van der Waals surface area contributed by atoms with E-state index in [2.05, 4.69) is 32.9 Å². The predicted octanol–water partition coefficient (Wildman–Crippen LogP) is 4.56. The topological polar surface area (TPSA) is 0 Å². The minimum atomic E-state index is 0.945. The monoisotopic (exact) mass is 168 g/mol. The summed E-state index contributed by atoms with van der Waals surface area (Å²) in [5.74, 6) is 0.945. The molecule has 0 aromatic rings. The molecule has 1 unspecified atom stereocenters. The van der Waals surface area contributed by atoms with Gasteiger partial charge in [0.2, 0.25) is 0 Å². The molecular weight excluding hydrogens is 144 g/mol. The number of hydrogen-bond acceptors (Lipinski definition) is 0. The second-order valence-corrected chi connectivity index (χ2v) is 3.75. The molecule has 0 aromatic heterocycles. The lowest BCUT2D eigenvalue weighted by Crippen LogP contribution is -1.93. The van der Waals surface area contributed by atoms with Crippen LogP contribution in [0, 0.1) is 5.92 Å². The van der Waals surface area contributed by atoms with Crippen molar-refractivity contribution in [1.82, 2.24) is 0 Å². The zero-order valence-electron chi connectivity index (χ0n) is 8.97.